The highest BCUT2D eigenvalue weighted by Gasteiger charge is 2.13. The smallest absolute Gasteiger partial charge is 0.356 e. The van der Waals surface area contributed by atoms with Crippen LogP contribution in [0, 0.1) is 6.92 Å². The van der Waals surface area contributed by atoms with Gasteiger partial charge in [-0.1, -0.05) is 0 Å². The lowest BCUT2D eigenvalue weighted by Gasteiger charge is -2.11. The SMILES string of the molecule is COc1cc(C(=O)ON)cc(OC)c1C. The largest absolute Gasteiger partial charge is 0.496 e. The van der Waals surface area contributed by atoms with Crippen LogP contribution in [0.1, 0.15) is 15.9 Å². The third kappa shape index (κ3) is 2.19. The lowest BCUT2D eigenvalue weighted by atomic mass is 10.1. The van der Waals surface area contributed by atoms with Crippen LogP contribution in [-0.2, 0) is 4.84 Å². The number of carbonyl (C=O) groups excluding carboxylic acids is 1. The molecule has 0 atom stereocenters. The Morgan fingerprint density at radius 2 is 1.67 bits per heavy atom. The van der Waals surface area contributed by atoms with Crippen LogP contribution in [0.4, 0.5) is 0 Å². The zero-order valence-corrected chi connectivity index (χ0v) is 8.87. The Morgan fingerprint density at radius 1 is 1.20 bits per heavy atom. The Hall–Kier alpha value is -1.75. The van der Waals surface area contributed by atoms with Gasteiger partial charge in [0, 0.05) is 5.56 Å². The van der Waals surface area contributed by atoms with Gasteiger partial charge in [-0.2, -0.15) is 5.90 Å². The molecule has 0 bridgehead atoms. The topological polar surface area (TPSA) is 70.8 Å². The third-order valence-corrected chi connectivity index (χ3v) is 2.09. The Balaban J connectivity index is 3.26. The van der Waals surface area contributed by atoms with Crippen LogP contribution >= 0.6 is 0 Å². The van der Waals surface area contributed by atoms with Gasteiger partial charge in [-0.15, -0.1) is 0 Å². The van der Waals surface area contributed by atoms with E-state index in [0.29, 0.717) is 11.5 Å². The van der Waals surface area contributed by atoms with Gasteiger partial charge < -0.3 is 14.3 Å². The van der Waals surface area contributed by atoms with Crippen LogP contribution in [-0.4, -0.2) is 20.2 Å². The summed E-state index contributed by atoms with van der Waals surface area (Å²) in [6.07, 6.45) is 0. The maximum Gasteiger partial charge on any atom is 0.356 e. The maximum absolute atomic E-state index is 11.2. The van der Waals surface area contributed by atoms with Gasteiger partial charge >= 0.3 is 5.97 Å². The molecule has 0 saturated carbocycles. The maximum atomic E-state index is 11.2. The number of carbonyl (C=O) groups is 1. The van der Waals surface area contributed by atoms with Gasteiger partial charge in [-0.05, 0) is 19.1 Å². The first kappa shape index (κ1) is 11.3. The number of hydrogen-bond donors (Lipinski definition) is 1. The van der Waals surface area contributed by atoms with Crippen LogP contribution in [0.5, 0.6) is 11.5 Å². The molecule has 0 fully saturated rings. The summed E-state index contributed by atoms with van der Waals surface area (Å²) in [5.74, 6) is 5.26. The number of methoxy groups -OCH3 is 2. The van der Waals surface area contributed by atoms with Crippen molar-refractivity contribution >= 4 is 5.97 Å². The van der Waals surface area contributed by atoms with Crippen LogP contribution in [0.3, 0.4) is 0 Å². The molecule has 82 valence electrons. The molecular weight excluding hydrogens is 198 g/mol. The second kappa shape index (κ2) is 4.65. The molecule has 0 heterocycles. The third-order valence-electron chi connectivity index (χ3n) is 2.09. The molecule has 0 spiro atoms. The van der Waals surface area contributed by atoms with E-state index in [1.54, 1.807) is 12.1 Å². The van der Waals surface area contributed by atoms with E-state index in [1.807, 2.05) is 6.92 Å². The van der Waals surface area contributed by atoms with Gasteiger partial charge in [0.2, 0.25) is 0 Å². The molecule has 1 aromatic carbocycles. The van der Waals surface area contributed by atoms with E-state index in [1.165, 1.54) is 14.2 Å². The predicted molar refractivity (Wildman–Crippen MR) is 53.9 cm³/mol. The molecule has 0 aliphatic carbocycles. The molecule has 0 unspecified atom stereocenters. The van der Waals surface area contributed by atoms with E-state index < -0.39 is 5.97 Å². The minimum Gasteiger partial charge on any atom is -0.496 e. The van der Waals surface area contributed by atoms with Gasteiger partial charge in [0.05, 0.1) is 19.8 Å². The van der Waals surface area contributed by atoms with Crippen molar-refractivity contribution in [2.75, 3.05) is 14.2 Å². The van der Waals surface area contributed by atoms with E-state index in [4.69, 9.17) is 15.4 Å². The molecule has 0 amide bonds. The molecule has 5 heteroatoms. The van der Waals surface area contributed by atoms with Crippen molar-refractivity contribution < 1.29 is 19.1 Å². The predicted octanol–water partition coefficient (Wildman–Crippen LogP) is 1.04. The van der Waals surface area contributed by atoms with Crippen molar-refractivity contribution in [1.82, 2.24) is 0 Å². The lowest BCUT2D eigenvalue weighted by Crippen LogP contribution is -2.10. The summed E-state index contributed by atoms with van der Waals surface area (Å²) in [4.78, 5) is 15.3. The Bertz CT molecular complexity index is 351. The molecule has 0 radical (unpaired) electrons. The Labute approximate surface area is 87.7 Å². The standard InChI is InChI=1S/C10H13NO4/c1-6-8(13-2)4-7(10(12)15-11)5-9(6)14-3/h4-5H,11H2,1-3H3. The molecule has 15 heavy (non-hydrogen) atoms. The average molecular weight is 211 g/mol. The number of benzene rings is 1. The average Bonchev–Trinajstić information content (AvgIpc) is 2.28. The number of ether oxygens (including phenoxy) is 2. The summed E-state index contributed by atoms with van der Waals surface area (Å²) in [6.45, 7) is 1.83. The van der Waals surface area contributed by atoms with Crippen LogP contribution in [0.15, 0.2) is 12.1 Å². The van der Waals surface area contributed by atoms with Gasteiger partial charge in [0.15, 0.2) is 0 Å². The monoisotopic (exact) mass is 211 g/mol. The normalized spacial score (nSPS) is 9.60. The number of nitrogens with two attached hydrogens (primary N) is 1. The van der Waals surface area contributed by atoms with Crippen molar-refractivity contribution in [1.29, 1.82) is 0 Å². The minimum atomic E-state index is -0.633. The number of hydrogen-bond acceptors (Lipinski definition) is 5. The van der Waals surface area contributed by atoms with Gasteiger partial charge in [-0.3, -0.25) is 0 Å². The number of rotatable bonds is 3. The summed E-state index contributed by atoms with van der Waals surface area (Å²) in [5.41, 5.74) is 1.10. The van der Waals surface area contributed by atoms with Crippen molar-refractivity contribution in [3.63, 3.8) is 0 Å². The summed E-state index contributed by atoms with van der Waals surface area (Å²) < 4.78 is 10.2. The van der Waals surface area contributed by atoms with Gasteiger partial charge in [-0.25, -0.2) is 4.79 Å². The highest BCUT2D eigenvalue weighted by atomic mass is 16.7. The fourth-order valence-corrected chi connectivity index (χ4v) is 1.27. The molecule has 0 saturated heterocycles. The summed E-state index contributed by atoms with van der Waals surface area (Å²) >= 11 is 0. The fraction of sp³-hybridized carbons (Fsp3) is 0.300. The first-order chi connectivity index (χ1) is 7.13. The fourth-order valence-electron chi connectivity index (χ4n) is 1.27. The van der Waals surface area contributed by atoms with E-state index >= 15 is 0 Å². The van der Waals surface area contributed by atoms with Crippen molar-refractivity contribution in [2.24, 2.45) is 5.90 Å². The Kier molecular flexibility index (Phi) is 3.51. The molecule has 1 aromatic rings. The second-order valence-electron chi connectivity index (χ2n) is 2.91. The molecule has 0 aliphatic heterocycles. The van der Waals surface area contributed by atoms with Gasteiger partial charge in [0.1, 0.15) is 11.5 Å². The van der Waals surface area contributed by atoms with Gasteiger partial charge in [0.25, 0.3) is 0 Å². The molecule has 5 nitrogen and oxygen atoms in total. The zero-order chi connectivity index (χ0) is 11.4. The van der Waals surface area contributed by atoms with Crippen molar-refractivity contribution in [3.8, 4) is 11.5 Å². The molecule has 0 aromatic heterocycles. The summed E-state index contributed by atoms with van der Waals surface area (Å²) in [5, 5.41) is 0. The van der Waals surface area contributed by atoms with E-state index in [-0.39, 0.29) is 5.56 Å². The minimum absolute atomic E-state index is 0.289. The first-order valence-electron chi connectivity index (χ1n) is 4.27. The quantitative estimate of drug-likeness (QED) is 0.756. The van der Waals surface area contributed by atoms with Crippen molar-refractivity contribution in [2.45, 2.75) is 6.92 Å². The lowest BCUT2D eigenvalue weighted by molar-refractivity contribution is 0.0502. The molecule has 0 aliphatic rings. The molecule has 1 rings (SSSR count). The summed E-state index contributed by atoms with van der Waals surface area (Å²) in [7, 11) is 3.03. The zero-order valence-electron chi connectivity index (χ0n) is 8.87. The van der Waals surface area contributed by atoms with E-state index in [2.05, 4.69) is 4.84 Å². The highest BCUT2D eigenvalue weighted by Crippen LogP contribution is 2.29. The van der Waals surface area contributed by atoms with E-state index in [0.717, 1.165) is 5.56 Å². The molecular formula is C10H13NO4. The Morgan fingerprint density at radius 3 is 2.00 bits per heavy atom. The van der Waals surface area contributed by atoms with Crippen LogP contribution < -0.4 is 15.4 Å². The molecule has 2 N–H and O–H groups in total. The van der Waals surface area contributed by atoms with Crippen LogP contribution in [0.25, 0.3) is 0 Å². The van der Waals surface area contributed by atoms with Crippen LogP contribution in [0.2, 0.25) is 0 Å². The highest BCUT2D eigenvalue weighted by molar-refractivity contribution is 5.90. The first-order valence-corrected chi connectivity index (χ1v) is 4.27. The van der Waals surface area contributed by atoms with Crippen molar-refractivity contribution in [3.05, 3.63) is 23.3 Å². The van der Waals surface area contributed by atoms with E-state index in [9.17, 15) is 4.79 Å². The summed E-state index contributed by atoms with van der Waals surface area (Å²) in [6, 6.07) is 3.10. The second-order valence-corrected chi connectivity index (χ2v) is 2.91.